The number of halogens is 3. The fourth-order valence-electron chi connectivity index (χ4n) is 2.28. The molecule has 3 rings (SSSR count). The SMILES string of the molecule is Cc1nc(C)n(Cc2coc(-c3ccccc3C(F)(F)F)n2)n1. The third kappa shape index (κ3) is 3.10. The lowest BCUT2D eigenvalue weighted by molar-refractivity contribution is -0.137. The number of alkyl halides is 3. The van der Waals surface area contributed by atoms with Crippen molar-refractivity contribution in [1.82, 2.24) is 19.7 Å². The lowest BCUT2D eigenvalue weighted by Gasteiger charge is -2.09. The minimum Gasteiger partial charge on any atom is -0.444 e. The van der Waals surface area contributed by atoms with Crippen LogP contribution in [0.25, 0.3) is 11.5 Å². The van der Waals surface area contributed by atoms with Crippen LogP contribution in [0, 0.1) is 13.8 Å². The molecule has 0 saturated carbocycles. The maximum atomic E-state index is 13.1. The van der Waals surface area contributed by atoms with Gasteiger partial charge in [0, 0.05) is 5.56 Å². The average Bonchev–Trinajstić information content (AvgIpc) is 3.05. The quantitative estimate of drug-likeness (QED) is 0.739. The molecule has 8 heteroatoms. The molecule has 0 aliphatic rings. The summed E-state index contributed by atoms with van der Waals surface area (Å²) >= 11 is 0. The van der Waals surface area contributed by atoms with E-state index in [2.05, 4.69) is 15.1 Å². The molecule has 2 heterocycles. The van der Waals surface area contributed by atoms with E-state index in [0.717, 1.165) is 6.07 Å². The van der Waals surface area contributed by atoms with Gasteiger partial charge in [-0.15, -0.1) is 0 Å². The van der Waals surface area contributed by atoms with Gasteiger partial charge >= 0.3 is 6.18 Å². The normalized spacial score (nSPS) is 11.9. The maximum Gasteiger partial charge on any atom is 0.417 e. The topological polar surface area (TPSA) is 56.7 Å². The summed E-state index contributed by atoms with van der Waals surface area (Å²) in [5, 5.41) is 4.19. The summed E-state index contributed by atoms with van der Waals surface area (Å²) in [5.41, 5.74) is -0.385. The van der Waals surface area contributed by atoms with E-state index in [4.69, 9.17) is 4.42 Å². The van der Waals surface area contributed by atoms with Crippen molar-refractivity contribution in [2.45, 2.75) is 26.6 Å². The van der Waals surface area contributed by atoms with Crippen LogP contribution in [0.2, 0.25) is 0 Å². The molecule has 0 saturated heterocycles. The number of hydrogen-bond acceptors (Lipinski definition) is 4. The van der Waals surface area contributed by atoms with E-state index >= 15 is 0 Å². The molecule has 0 atom stereocenters. The molecule has 0 bridgehead atoms. The smallest absolute Gasteiger partial charge is 0.417 e. The average molecular weight is 322 g/mol. The molecule has 2 aromatic heterocycles. The van der Waals surface area contributed by atoms with E-state index in [9.17, 15) is 13.2 Å². The molecule has 0 N–H and O–H groups in total. The molecule has 3 aromatic rings. The molecule has 0 fully saturated rings. The largest absolute Gasteiger partial charge is 0.444 e. The molecule has 0 unspecified atom stereocenters. The molecule has 23 heavy (non-hydrogen) atoms. The monoisotopic (exact) mass is 322 g/mol. The van der Waals surface area contributed by atoms with Crippen molar-refractivity contribution < 1.29 is 17.6 Å². The summed E-state index contributed by atoms with van der Waals surface area (Å²) < 4.78 is 46.0. The number of nitrogens with zero attached hydrogens (tertiary/aromatic N) is 4. The van der Waals surface area contributed by atoms with Gasteiger partial charge in [0.1, 0.15) is 23.6 Å². The third-order valence-electron chi connectivity index (χ3n) is 3.29. The van der Waals surface area contributed by atoms with Crippen molar-refractivity contribution in [3.63, 3.8) is 0 Å². The molecule has 0 spiro atoms. The van der Waals surface area contributed by atoms with Crippen molar-refractivity contribution >= 4 is 0 Å². The Hall–Kier alpha value is -2.64. The van der Waals surface area contributed by atoms with Gasteiger partial charge in [-0.3, -0.25) is 0 Å². The highest BCUT2D eigenvalue weighted by Gasteiger charge is 2.34. The van der Waals surface area contributed by atoms with Gasteiger partial charge < -0.3 is 4.42 Å². The van der Waals surface area contributed by atoms with Crippen LogP contribution in [-0.4, -0.2) is 19.7 Å². The summed E-state index contributed by atoms with van der Waals surface area (Å²) in [6, 6.07) is 5.19. The van der Waals surface area contributed by atoms with Gasteiger partial charge in [-0.2, -0.15) is 18.3 Å². The fraction of sp³-hybridized carbons (Fsp3) is 0.267. The Labute approximate surface area is 129 Å². The van der Waals surface area contributed by atoms with Crippen LogP contribution in [0.3, 0.4) is 0 Å². The van der Waals surface area contributed by atoms with E-state index in [1.165, 1.54) is 24.5 Å². The number of aryl methyl sites for hydroxylation is 2. The Morgan fingerprint density at radius 3 is 2.52 bits per heavy atom. The zero-order valence-electron chi connectivity index (χ0n) is 12.4. The summed E-state index contributed by atoms with van der Waals surface area (Å²) in [7, 11) is 0. The second-order valence-electron chi connectivity index (χ2n) is 5.05. The van der Waals surface area contributed by atoms with E-state index in [0.29, 0.717) is 17.3 Å². The van der Waals surface area contributed by atoms with Crippen molar-refractivity contribution in [3.8, 4) is 11.5 Å². The lowest BCUT2D eigenvalue weighted by Crippen LogP contribution is -2.07. The van der Waals surface area contributed by atoms with Gasteiger partial charge in [0.05, 0.1) is 12.1 Å². The van der Waals surface area contributed by atoms with Gasteiger partial charge in [0.25, 0.3) is 0 Å². The molecular formula is C15H13F3N4O. The van der Waals surface area contributed by atoms with Crippen LogP contribution in [0.4, 0.5) is 13.2 Å². The molecule has 0 aliphatic carbocycles. The van der Waals surface area contributed by atoms with Gasteiger partial charge in [-0.05, 0) is 26.0 Å². The van der Waals surface area contributed by atoms with Crippen LogP contribution in [0.1, 0.15) is 22.9 Å². The number of rotatable bonds is 3. The van der Waals surface area contributed by atoms with E-state index in [1.807, 2.05) is 0 Å². The lowest BCUT2D eigenvalue weighted by atomic mass is 10.1. The first-order valence-corrected chi connectivity index (χ1v) is 6.83. The Bertz CT molecular complexity index is 835. The Balaban J connectivity index is 1.93. The Morgan fingerprint density at radius 2 is 1.87 bits per heavy atom. The second kappa shape index (κ2) is 5.53. The number of aromatic nitrogens is 4. The summed E-state index contributed by atoms with van der Waals surface area (Å²) in [6.07, 6.45) is -3.14. The minimum absolute atomic E-state index is 0.0672. The predicted octanol–water partition coefficient (Wildman–Crippen LogP) is 3.62. The molecule has 0 radical (unpaired) electrons. The highest BCUT2D eigenvalue weighted by Crippen LogP contribution is 2.36. The van der Waals surface area contributed by atoms with E-state index in [1.54, 1.807) is 18.5 Å². The van der Waals surface area contributed by atoms with Gasteiger partial charge in [-0.1, -0.05) is 12.1 Å². The standard InChI is InChI=1S/C15H13F3N4O/c1-9-19-10(2)22(21-9)7-11-8-23-14(20-11)12-5-3-4-6-13(12)15(16,17)18/h3-6,8H,7H2,1-2H3. The highest BCUT2D eigenvalue weighted by molar-refractivity contribution is 5.59. The molecule has 1 aromatic carbocycles. The molecule has 5 nitrogen and oxygen atoms in total. The molecular weight excluding hydrogens is 309 g/mol. The Kier molecular flexibility index (Phi) is 3.67. The van der Waals surface area contributed by atoms with Crippen molar-refractivity contribution in [2.75, 3.05) is 0 Å². The zero-order valence-corrected chi connectivity index (χ0v) is 12.4. The molecule has 120 valence electrons. The van der Waals surface area contributed by atoms with Crippen molar-refractivity contribution in [3.05, 3.63) is 53.4 Å². The number of benzene rings is 1. The molecule has 0 amide bonds. The van der Waals surface area contributed by atoms with Crippen LogP contribution in [0.15, 0.2) is 34.9 Å². The van der Waals surface area contributed by atoms with Crippen LogP contribution in [-0.2, 0) is 12.7 Å². The summed E-state index contributed by atoms with van der Waals surface area (Å²) in [5.74, 6) is 1.25. The van der Waals surface area contributed by atoms with E-state index < -0.39 is 11.7 Å². The molecule has 0 aliphatic heterocycles. The Morgan fingerprint density at radius 1 is 1.13 bits per heavy atom. The van der Waals surface area contributed by atoms with Gasteiger partial charge in [0.15, 0.2) is 0 Å². The van der Waals surface area contributed by atoms with E-state index in [-0.39, 0.29) is 18.0 Å². The third-order valence-corrected chi connectivity index (χ3v) is 3.29. The number of oxazole rings is 1. The van der Waals surface area contributed by atoms with Gasteiger partial charge in [0.2, 0.25) is 5.89 Å². The first-order chi connectivity index (χ1) is 10.8. The maximum absolute atomic E-state index is 13.1. The first-order valence-electron chi connectivity index (χ1n) is 6.83. The van der Waals surface area contributed by atoms with Crippen molar-refractivity contribution in [1.29, 1.82) is 0 Å². The van der Waals surface area contributed by atoms with Crippen LogP contribution < -0.4 is 0 Å². The summed E-state index contributed by atoms with van der Waals surface area (Å²) in [4.78, 5) is 8.31. The minimum atomic E-state index is -4.47. The van der Waals surface area contributed by atoms with Crippen LogP contribution >= 0.6 is 0 Å². The fourth-order valence-corrected chi connectivity index (χ4v) is 2.28. The first kappa shape index (κ1) is 15.3. The zero-order chi connectivity index (χ0) is 16.6. The van der Waals surface area contributed by atoms with Crippen LogP contribution in [0.5, 0.6) is 0 Å². The predicted molar refractivity (Wildman–Crippen MR) is 75.5 cm³/mol. The number of hydrogen-bond donors (Lipinski definition) is 0. The second-order valence-corrected chi connectivity index (χ2v) is 5.05. The van der Waals surface area contributed by atoms with Gasteiger partial charge in [-0.25, -0.2) is 14.6 Å². The highest BCUT2D eigenvalue weighted by atomic mass is 19.4. The van der Waals surface area contributed by atoms with Crippen molar-refractivity contribution in [2.24, 2.45) is 0 Å². The summed E-state index contributed by atoms with van der Waals surface area (Å²) in [6.45, 7) is 3.83.